The van der Waals surface area contributed by atoms with Crippen LogP contribution in [0.3, 0.4) is 0 Å². The van der Waals surface area contributed by atoms with Crippen LogP contribution in [0.5, 0.6) is 0 Å². The standard InChI is InChI=1S/C12H23N5O2S/c1-8(2)9-10(13)15-7-16-11(9)14-6-12(3,4)17-20(5,18)19/h7-8,17H,6H2,1-5H3,(H3,13,14,15,16). The van der Waals surface area contributed by atoms with Crippen molar-refractivity contribution in [3.05, 3.63) is 11.9 Å². The second-order valence-corrected chi connectivity index (χ2v) is 7.54. The lowest BCUT2D eigenvalue weighted by atomic mass is 10.0. The maximum absolute atomic E-state index is 11.3. The molecule has 0 amide bonds. The summed E-state index contributed by atoms with van der Waals surface area (Å²) in [5, 5.41) is 3.14. The van der Waals surface area contributed by atoms with E-state index < -0.39 is 15.6 Å². The number of hydrogen-bond donors (Lipinski definition) is 3. The van der Waals surface area contributed by atoms with Crippen molar-refractivity contribution in [1.29, 1.82) is 0 Å². The van der Waals surface area contributed by atoms with Crippen molar-refractivity contribution in [3.8, 4) is 0 Å². The average Bonchev–Trinajstić information content (AvgIpc) is 2.22. The lowest BCUT2D eigenvalue weighted by molar-refractivity contribution is 0.475. The molecule has 4 N–H and O–H groups in total. The van der Waals surface area contributed by atoms with Crippen molar-refractivity contribution in [2.24, 2.45) is 0 Å². The molecule has 0 saturated heterocycles. The maximum Gasteiger partial charge on any atom is 0.209 e. The highest BCUT2D eigenvalue weighted by atomic mass is 32.2. The van der Waals surface area contributed by atoms with E-state index in [1.807, 2.05) is 13.8 Å². The lowest BCUT2D eigenvalue weighted by Crippen LogP contribution is -2.48. The van der Waals surface area contributed by atoms with Gasteiger partial charge in [-0.05, 0) is 19.8 Å². The fraction of sp³-hybridized carbons (Fsp3) is 0.667. The van der Waals surface area contributed by atoms with E-state index in [0.29, 0.717) is 18.2 Å². The van der Waals surface area contributed by atoms with Crippen LogP contribution in [0.1, 0.15) is 39.2 Å². The van der Waals surface area contributed by atoms with E-state index in [0.717, 1.165) is 11.8 Å². The number of nitrogens with two attached hydrogens (primary N) is 1. The van der Waals surface area contributed by atoms with Crippen LogP contribution in [0.25, 0.3) is 0 Å². The van der Waals surface area contributed by atoms with Crippen LogP contribution in [0.4, 0.5) is 11.6 Å². The molecule has 0 saturated carbocycles. The molecule has 0 bridgehead atoms. The van der Waals surface area contributed by atoms with Gasteiger partial charge in [0.1, 0.15) is 18.0 Å². The van der Waals surface area contributed by atoms with E-state index in [2.05, 4.69) is 20.0 Å². The highest BCUT2D eigenvalue weighted by Gasteiger charge is 2.23. The Kier molecular flexibility index (Phi) is 4.93. The fourth-order valence-electron chi connectivity index (χ4n) is 1.96. The second-order valence-electron chi connectivity index (χ2n) is 5.79. The van der Waals surface area contributed by atoms with Gasteiger partial charge in [-0.25, -0.2) is 23.1 Å². The van der Waals surface area contributed by atoms with Crippen molar-refractivity contribution in [2.75, 3.05) is 23.9 Å². The molecule has 0 aromatic carbocycles. The van der Waals surface area contributed by atoms with Gasteiger partial charge in [0, 0.05) is 17.6 Å². The van der Waals surface area contributed by atoms with Crippen LogP contribution in [0.2, 0.25) is 0 Å². The number of hydrogen-bond acceptors (Lipinski definition) is 6. The normalized spacial score (nSPS) is 12.7. The van der Waals surface area contributed by atoms with Gasteiger partial charge < -0.3 is 11.1 Å². The molecular weight excluding hydrogens is 278 g/mol. The first-order valence-electron chi connectivity index (χ1n) is 6.35. The van der Waals surface area contributed by atoms with Crippen molar-refractivity contribution in [3.63, 3.8) is 0 Å². The summed E-state index contributed by atoms with van der Waals surface area (Å²) < 4.78 is 25.2. The number of rotatable bonds is 6. The summed E-state index contributed by atoms with van der Waals surface area (Å²) in [7, 11) is -3.27. The summed E-state index contributed by atoms with van der Waals surface area (Å²) >= 11 is 0. The van der Waals surface area contributed by atoms with E-state index in [1.165, 1.54) is 6.33 Å². The maximum atomic E-state index is 11.3. The van der Waals surface area contributed by atoms with E-state index in [1.54, 1.807) is 13.8 Å². The predicted octanol–water partition coefficient (Wildman–Crippen LogP) is 0.922. The number of nitrogens with zero attached hydrogens (tertiary/aromatic N) is 2. The van der Waals surface area contributed by atoms with Crippen LogP contribution in [-0.4, -0.2) is 36.7 Å². The molecule has 0 aliphatic carbocycles. The zero-order chi connectivity index (χ0) is 15.6. The van der Waals surface area contributed by atoms with Gasteiger partial charge in [0.25, 0.3) is 0 Å². The van der Waals surface area contributed by atoms with Crippen molar-refractivity contribution in [2.45, 2.75) is 39.2 Å². The van der Waals surface area contributed by atoms with Gasteiger partial charge in [0.05, 0.1) is 6.26 Å². The average molecular weight is 301 g/mol. The minimum atomic E-state index is -3.27. The van der Waals surface area contributed by atoms with Crippen LogP contribution < -0.4 is 15.8 Å². The van der Waals surface area contributed by atoms with E-state index in [4.69, 9.17) is 5.73 Å². The molecule has 20 heavy (non-hydrogen) atoms. The molecule has 8 heteroatoms. The zero-order valence-corrected chi connectivity index (χ0v) is 13.4. The Hall–Kier alpha value is -1.41. The fourth-order valence-corrected chi connectivity index (χ4v) is 3.04. The molecule has 0 aliphatic heterocycles. The quantitative estimate of drug-likeness (QED) is 0.720. The van der Waals surface area contributed by atoms with Crippen molar-refractivity contribution >= 4 is 21.7 Å². The van der Waals surface area contributed by atoms with Crippen LogP contribution in [0.15, 0.2) is 6.33 Å². The monoisotopic (exact) mass is 301 g/mol. The molecule has 1 rings (SSSR count). The van der Waals surface area contributed by atoms with Gasteiger partial charge in [-0.2, -0.15) is 0 Å². The predicted molar refractivity (Wildman–Crippen MR) is 81.1 cm³/mol. The summed E-state index contributed by atoms with van der Waals surface area (Å²) in [6.07, 6.45) is 2.53. The molecule has 0 aliphatic rings. The zero-order valence-electron chi connectivity index (χ0n) is 12.6. The third-order valence-corrected chi connectivity index (χ3v) is 3.57. The molecule has 0 spiro atoms. The van der Waals surface area contributed by atoms with Crippen molar-refractivity contribution in [1.82, 2.24) is 14.7 Å². The number of nitrogens with one attached hydrogen (secondary N) is 2. The molecule has 0 atom stereocenters. The molecule has 7 nitrogen and oxygen atoms in total. The molecule has 1 aromatic rings. The summed E-state index contributed by atoms with van der Waals surface area (Å²) in [6.45, 7) is 7.97. The highest BCUT2D eigenvalue weighted by Crippen LogP contribution is 2.26. The molecule has 114 valence electrons. The third kappa shape index (κ3) is 4.93. The van der Waals surface area contributed by atoms with Gasteiger partial charge in [-0.3, -0.25) is 0 Å². The van der Waals surface area contributed by atoms with Gasteiger partial charge >= 0.3 is 0 Å². The minimum absolute atomic E-state index is 0.171. The van der Waals surface area contributed by atoms with Gasteiger partial charge in [-0.1, -0.05) is 13.8 Å². The van der Waals surface area contributed by atoms with E-state index >= 15 is 0 Å². The van der Waals surface area contributed by atoms with Crippen LogP contribution >= 0.6 is 0 Å². The Bertz CT molecular complexity index is 569. The Morgan fingerprint density at radius 2 is 1.95 bits per heavy atom. The molecule has 0 unspecified atom stereocenters. The van der Waals surface area contributed by atoms with E-state index in [-0.39, 0.29) is 5.92 Å². The molecule has 1 aromatic heterocycles. The highest BCUT2D eigenvalue weighted by molar-refractivity contribution is 7.88. The second kappa shape index (κ2) is 5.92. The Labute approximate surface area is 120 Å². The lowest BCUT2D eigenvalue weighted by Gasteiger charge is -2.26. The first-order chi connectivity index (χ1) is 9.02. The molecular formula is C12H23N5O2S. The molecule has 0 fully saturated rings. The largest absolute Gasteiger partial charge is 0.383 e. The Balaban J connectivity index is 2.88. The molecule has 0 radical (unpaired) electrons. The summed E-state index contributed by atoms with van der Waals surface area (Å²) in [5.74, 6) is 1.24. The summed E-state index contributed by atoms with van der Waals surface area (Å²) in [5.41, 5.74) is 6.06. The summed E-state index contributed by atoms with van der Waals surface area (Å²) in [4.78, 5) is 8.16. The SMILES string of the molecule is CC(C)c1c(N)ncnc1NCC(C)(C)NS(C)(=O)=O. The molecule has 1 heterocycles. The van der Waals surface area contributed by atoms with Crippen LogP contribution in [-0.2, 0) is 10.0 Å². The smallest absolute Gasteiger partial charge is 0.209 e. The van der Waals surface area contributed by atoms with Crippen molar-refractivity contribution < 1.29 is 8.42 Å². The Morgan fingerprint density at radius 3 is 2.45 bits per heavy atom. The minimum Gasteiger partial charge on any atom is -0.383 e. The topological polar surface area (TPSA) is 110 Å². The van der Waals surface area contributed by atoms with Gasteiger partial charge in [0.2, 0.25) is 10.0 Å². The first kappa shape index (κ1) is 16.6. The number of anilines is 2. The van der Waals surface area contributed by atoms with Gasteiger partial charge in [-0.15, -0.1) is 0 Å². The number of sulfonamides is 1. The third-order valence-electron chi connectivity index (χ3n) is 2.65. The Morgan fingerprint density at radius 1 is 1.35 bits per heavy atom. The van der Waals surface area contributed by atoms with Crippen LogP contribution in [0, 0.1) is 0 Å². The van der Waals surface area contributed by atoms with Gasteiger partial charge in [0.15, 0.2) is 0 Å². The number of nitrogen functional groups attached to an aromatic ring is 1. The number of aromatic nitrogens is 2. The van der Waals surface area contributed by atoms with E-state index in [9.17, 15) is 8.42 Å². The summed E-state index contributed by atoms with van der Waals surface area (Å²) in [6, 6.07) is 0. The first-order valence-corrected chi connectivity index (χ1v) is 8.24.